The van der Waals surface area contributed by atoms with E-state index in [1.807, 2.05) is 72.5 Å². The highest BCUT2D eigenvalue weighted by molar-refractivity contribution is 14.1. The summed E-state index contributed by atoms with van der Waals surface area (Å²) < 4.78 is 60.6. The van der Waals surface area contributed by atoms with Gasteiger partial charge in [0.25, 0.3) is 0 Å². The molecule has 22 nitrogen and oxygen atoms in total. The second-order valence-corrected chi connectivity index (χ2v) is 23.9. The van der Waals surface area contributed by atoms with E-state index in [0.717, 1.165) is 0 Å². The fourth-order valence-electron chi connectivity index (χ4n) is 11.3. The van der Waals surface area contributed by atoms with Crippen molar-refractivity contribution in [3.8, 4) is 5.69 Å². The molecule has 0 radical (unpaired) electrons. The van der Waals surface area contributed by atoms with E-state index in [-0.39, 0.29) is 18.8 Å². The third kappa shape index (κ3) is 14.6. The Morgan fingerprint density at radius 2 is 1.62 bits per heavy atom. The molecule has 77 heavy (non-hydrogen) atoms. The minimum atomic E-state index is -1.88. The molecule has 6 N–H and O–H groups in total. The molecule has 3 aliphatic heterocycles. The van der Waals surface area contributed by atoms with E-state index < -0.39 is 131 Å². The second kappa shape index (κ2) is 26.3. The van der Waals surface area contributed by atoms with Gasteiger partial charge in [0.15, 0.2) is 16.7 Å². The fraction of sp³-hybridized carbons (Fsp3) is 0.792. The van der Waals surface area contributed by atoms with Crippen LogP contribution in [0.5, 0.6) is 0 Å². The van der Waals surface area contributed by atoms with Crippen LogP contribution < -0.4 is 0 Å². The lowest BCUT2D eigenvalue weighted by Crippen LogP contribution is -2.60. The van der Waals surface area contributed by atoms with Crippen LogP contribution in [0.15, 0.2) is 36.7 Å². The van der Waals surface area contributed by atoms with Gasteiger partial charge in [-0.1, -0.05) is 36.4 Å². The maximum atomic E-state index is 14.9. The zero-order chi connectivity index (χ0) is 57.1. The fourth-order valence-corrected chi connectivity index (χ4v) is 12.0. The number of alkyl halides is 2. The number of rotatable bonds is 16. The van der Waals surface area contributed by atoms with E-state index in [9.17, 15) is 39.8 Å². The van der Waals surface area contributed by atoms with E-state index in [0.29, 0.717) is 48.6 Å². The molecular weight excluding hydrogens is 1120 g/mol. The van der Waals surface area contributed by atoms with Gasteiger partial charge in [0.2, 0.25) is 0 Å². The van der Waals surface area contributed by atoms with Crippen LogP contribution in [0, 0.1) is 17.8 Å². The summed E-state index contributed by atoms with van der Waals surface area (Å²) >= 11 is 1.81. The number of likely N-dealkylation sites (N-methyl/N-ethyl adjacent to an activating group) is 2. The normalized spacial score (nSPS) is 38.6. The Balaban J connectivity index is 1.24. The van der Waals surface area contributed by atoms with Gasteiger partial charge in [-0.15, -0.1) is 10.2 Å². The molecule has 3 aliphatic rings. The van der Waals surface area contributed by atoms with Crippen LogP contribution in [-0.4, -0.2) is 213 Å². The van der Waals surface area contributed by atoms with Gasteiger partial charge in [0.05, 0.1) is 65.2 Å². The van der Waals surface area contributed by atoms with Crippen LogP contribution in [0.4, 0.5) is 4.39 Å². The lowest BCUT2D eigenvalue weighted by molar-refractivity contribution is -0.318. The average molecular weight is 1210 g/mol. The number of hydrogen-bond acceptors (Lipinski definition) is 20. The second-order valence-electron chi connectivity index (χ2n) is 22.8. The van der Waals surface area contributed by atoms with Gasteiger partial charge in [-0.05, 0) is 129 Å². The molecule has 3 aromatic rings. The first-order chi connectivity index (χ1) is 36.1. The summed E-state index contributed by atoms with van der Waals surface area (Å²) in [4.78, 5) is 18.2. The molecule has 5 heterocycles. The molecule has 3 saturated heterocycles. The number of cyclic esters (lactones) is 1. The van der Waals surface area contributed by atoms with Crippen molar-refractivity contribution in [2.24, 2.45) is 17.8 Å². The number of esters is 1. The van der Waals surface area contributed by atoms with Crippen molar-refractivity contribution in [3.05, 3.63) is 53.6 Å². The summed E-state index contributed by atoms with van der Waals surface area (Å²) in [5.41, 5.74) is -2.24. The maximum absolute atomic E-state index is 14.9. The number of carbonyl (C=O) groups excluding carboxylic acids is 1. The van der Waals surface area contributed by atoms with Crippen molar-refractivity contribution in [1.29, 1.82) is 0 Å². The van der Waals surface area contributed by atoms with Gasteiger partial charge in [0.1, 0.15) is 48.4 Å². The number of halogens is 2. The Bertz CT molecular complexity index is 2330. The molecule has 436 valence electrons. The molecule has 0 aliphatic carbocycles. The SMILES string of the molecule is CO[C@H](c1ccc(-n2cc(C(C)O)nn2)cc1)[C@@H](CF)n1cc(CCN(C)[C@H]2C[C@@H](C)O[C@@H](O[C@@H]3[C@@H](C)[C@H](O[C@H]4C[C@@](C)(OC)[C@@H](O)[C@H](C)O4)[C@@H](C)C(=O)O[C@H](I)[C@@](C)(O)[C@H](O)[C@@H](C)N(C)C[C@H](C)C[C@@]3(C)O)[C@@H]2O)nn1. The average Bonchev–Trinajstić information content (AvgIpc) is 4.08. The van der Waals surface area contributed by atoms with Crippen molar-refractivity contribution in [2.75, 3.05) is 48.1 Å². The first-order valence-electron chi connectivity index (χ1n) is 26.7. The summed E-state index contributed by atoms with van der Waals surface area (Å²) in [5.74, 6) is -2.95. The highest BCUT2D eigenvalue weighted by atomic mass is 127. The number of ether oxygens (including phenoxy) is 7. The van der Waals surface area contributed by atoms with E-state index in [4.69, 9.17) is 33.2 Å². The quantitative estimate of drug-likeness (QED) is 0.0679. The molecule has 0 amide bonds. The van der Waals surface area contributed by atoms with E-state index in [2.05, 4.69) is 20.6 Å². The largest absolute Gasteiger partial charge is 0.448 e. The van der Waals surface area contributed by atoms with Gasteiger partial charge in [-0.3, -0.25) is 4.79 Å². The topological polar surface area (TPSA) is 271 Å². The van der Waals surface area contributed by atoms with Crippen LogP contribution in [-0.2, 0) is 44.4 Å². The van der Waals surface area contributed by atoms with E-state index in [1.165, 1.54) is 25.8 Å². The molecule has 3 fully saturated rings. The van der Waals surface area contributed by atoms with Crippen LogP contribution in [0.25, 0.3) is 5.69 Å². The Morgan fingerprint density at radius 1 is 0.948 bits per heavy atom. The molecule has 2 aromatic heterocycles. The summed E-state index contributed by atoms with van der Waals surface area (Å²) in [5, 5.41) is 86.2. The molecule has 21 atom stereocenters. The van der Waals surface area contributed by atoms with Crippen molar-refractivity contribution in [1.82, 2.24) is 39.8 Å². The molecule has 0 saturated carbocycles. The molecular formula is C53H86FIN8O14. The summed E-state index contributed by atoms with van der Waals surface area (Å²) in [6, 6.07) is 5.26. The van der Waals surface area contributed by atoms with Crippen molar-refractivity contribution in [2.45, 2.75) is 201 Å². The van der Waals surface area contributed by atoms with Crippen LogP contribution in [0.1, 0.15) is 124 Å². The number of aromatic nitrogens is 6. The number of carbonyl (C=O) groups is 1. The summed E-state index contributed by atoms with van der Waals surface area (Å²) in [6.45, 7) is 17.1. The highest BCUT2D eigenvalue weighted by Crippen LogP contribution is 2.41. The Kier molecular flexibility index (Phi) is 21.6. The standard InChI is InChI=1S/C53H86FIN8O14/c1-28-22-51(8,69)47(30(3)43(75-41-23-52(9,72-14)46(67)34(7)74-41)31(4)48(68)77-50(55)53(10,70)45(66)32(5)61(12)25-28)76-49-42(65)39(21-29(2)73-49)60(11)20-19-36-26-63(58-56-36)40(24-54)44(71-13)35-15-17-37(18-16-35)62-27-38(33(6)64)57-59-62/h15-18,26-34,39-47,49-50,64-67,69-70H,19-25H2,1-14H3/t28-,29-,30+,31-,32-,33?,34+,39+,40-,41+,42-,43+,44-,45-,46+,47-,49+,50+,51-,52-,53+/m1/s1. The molecule has 1 aromatic carbocycles. The van der Waals surface area contributed by atoms with E-state index in [1.54, 1.807) is 77.7 Å². The zero-order valence-corrected chi connectivity index (χ0v) is 49.2. The lowest BCUT2D eigenvalue weighted by Gasteiger charge is -2.49. The first-order valence-corrected chi connectivity index (χ1v) is 27.9. The molecule has 0 bridgehead atoms. The van der Waals surface area contributed by atoms with E-state index >= 15 is 0 Å². The van der Waals surface area contributed by atoms with Crippen molar-refractivity contribution < 1.29 is 73.0 Å². The minimum absolute atomic E-state index is 0.0734. The highest BCUT2D eigenvalue weighted by Gasteiger charge is 2.53. The van der Waals surface area contributed by atoms with Gasteiger partial charge < -0.3 is 73.6 Å². The number of aliphatic hydroxyl groups is 6. The maximum Gasteiger partial charge on any atom is 0.312 e. The predicted octanol–water partition coefficient (Wildman–Crippen LogP) is 3.62. The van der Waals surface area contributed by atoms with Crippen molar-refractivity contribution in [3.63, 3.8) is 0 Å². The summed E-state index contributed by atoms with van der Waals surface area (Å²) in [7, 11) is 6.67. The van der Waals surface area contributed by atoms with Crippen LogP contribution in [0.2, 0.25) is 0 Å². The third-order valence-corrected chi connectivity index (χ3v) is 17.8. The zero-order valence-electron chi connectivity index (χ0n) is 47.1. The molecule has 24 heteroatoms. The van der Waals surface area contributed by atoms with Gasteiger partial charge >= 0.3 is 5.97 Å². The van der Waals surface area contributed by atoms with Gasteiger partial charge in [0, 0.05) is 64.3 Å². The molecule has 1 unspecified atom stereocenters. The van der Waals surface area contributed by atoms with Gasteiger partial charge in [-0.25, -0.2) is 13.8 Å². The van der Waals surface area contributed by atoms with Gasteiger partial charge in [-0.2, -0.15) is 0 Å². The number of aliphatic hydroxyl groups excluding tert-OH is 4. The Morgan fingerprint density at radius 3 is 2.23 bits per heavy atom. The third-order valence-electron chi connectivity index (χ3n) is 16.3. The Labute approximate surface area is 465 Å². The smallest absolute Gasteiger partial charge is 0.312 e. The summed E-state index contributed by atoms with van der Waals surface area (Å²) in [6.07, 6.45) is -6.49. The van der Waals surface area contributed by atoms with Crippen LogP contribution in [0.3, 0.4) is 0 Å². The lowest BCUT2D eigenvalue weighted by atomic mass is 9.77. The van der Waals surface area contributed by atoms with Crippen LogP contribution >= 0.6 is 22.6 Å². The molecule has 6 rings (SSSR count). The number of benzene rings is 1. The Hall–Kier alpha value is -2.93. The number of nitrogens with zero attached hydrogens (tertiary/aromatic N) is 8. The minimum Gasteiger partial charge on any atom is -0.448 e. The monoisotopic (exact) mass is 1200 g/mol. The number of methoxy groups -OCH3 is 2. The molecule has 0 spiro atoms. The number of hydrogen-bond donors (Lipinski definition) is 6. The predicted molar refractivity (Wildman–Crippen MR) is 287 cm³/mol. The first kappa shape index (κ1) is 63.3. The van der Waals surface area contributed by atoms with Crippen molar-refractivity contribution >= 4 is 28.6 Å².